The lowest BCUT2D eigenvalue weighted by molar-refractivity contribution is -0.125. The third-order valence-corrected chi connectivity index (χ3v) is 6.18. The van der Waals surface area contributed by atoms with Gasteiger partial charge in [0.2, 0.25) is 0 Å². The first kappa shape index (κ1) is 21.6. The number of carbonyl (C=O) groups excluding carboxylic acids is 2. The van der Waals surface area contributed by atoms with Crippen molar-refractivity contribution in [1.29, 1.82) is 0 Å². The van der Waals surface area contributed by atoms with Gasteiger partial charge >= 0.3 is 0 Å². The summed E-state index contributed by atoms with van der Waals surface area (Å²) in [4.78, 5) is 30.6. The average molecular weight is 455 g/mol. The van der Waals surface area contributed by atoms with Crippen LogP contribution in [0.25, 0.3) is 22.6 Å². The number of H-pyrrole nitrogens is 1. The van der Waals surface area contributed by atoms with E-state index in [1.807, 2.05) is 42.6 Å². The minimum atomic E-state index is -0.600. The molecule has 170 valence electrons. The number of aromatic amines is 1. The molecule has 0 unspecified atom stereocenters. The Morgan fingerprint density at radius 3 is 2.56 bits per heavy atom. The van der Waals surface area contributed by atoms with E-state index in [0.29, 0.717) is 36.2 Å². The topological polar surface area (TPSA) is 85.4 Å². The molecule has 0 aliphatic carbocycles. The van der Waals surface area contributed by atoms with Crippen molar-refractivity contribution in [2.75, 3.05) is 6.54 Å². The highest BCUT2D eigenvalue weighted by molar-refractivity contribution is 6.25. The van der Waals surface area contributed by atoms with Crippen molar-refractivity contribution in [2.45, 2.75) is 13.0 Å². The van der Waals surface area contributed by atoms with Crippen molar-refractivity contribution in [3.63, 3.8) is 0 Å². The lowest BCUT2D eigenvalue weighted by Gasteiger charge is -2.30. The molecule has 0 saturated heterocycles. The van der Waals surface area contributed by atoms with Crippen LogP contribution in [0.4, 0.5) is 4.39 Å². The summed E-state index contributed by atoms with van der Waals surface area (Å²) in [5.41, 5.74) is 6.78. The van der Waals surface area contributed by atoms with Crippen LogP contribution in [0.15, 0.2) is 72.9 Å². The molecule has 0 atom stereocenters. The van der Waals surface area contributed by atoms with Gasteiger partial charge in [-0.1, -0.05) is 36.4 Å². The molecule has 0 bridgehead atoms. The van der Waals surface area contributed by atoms with E-state index in [-0.39, 0.29) is 11.7 Å². The van der Waals surface area contributed by atoms with Gasteiger partial charge in [0.05, 0.1) is 0 Å². The number of rotatable bonds is 4. The summed E-state index contributed by atoms with van der Waals surface area (Å²) in [5, 5.41) is 9.93. The first-order valence-electron chi connectivity index (χ1n) is 10.9. The average Bonchev–Trinajstić information content (AvgIpc) is 3.29. The molecule has 3 N–H and O–H groups in total. The van der Waals surface area contributed by atoms with Gasteiger partial charge in [-0.05, 0) is 59.5 Å². The Bertz CT molecular complexity index is 1420. The van der Waals surface area contributed by atoms with Gasteiger partial charge < -0.3 is 9.88 Å². The van der Waals surface area contributed by atoms with E-state index in [0.717, 1.165) is 27.6 Å². The van der Waals surface area contributed by atoms with E-state index in [2.05, 4.69) is 4.98 Å². The van der Waals surface area contributed by atoms with Crippen molar-refractivity contribution in [2.24, 2.45) is 0 Å². The van der Waals surface area contributed by atoms with Crippen LogP contribution in [0.1, 0.15) is 32.6 Å². The number of nitrogens with one attached hydrogen (secondary N) is 2. The Labute approximate surface area is 195 Å². The highest BCUT2D eigenvalue weighted by Crippen LogP contribution is 2.28. The molecular weight excluding hydrogens is 433 g/mol. The van der Waals surface area contributed by atoms with Crippen LogP contribution in [0.3, 0.4) is 0 Å². The molecule has 0 spiro atoms. The molecular formula is C27H22FN3O3. The second kappa shape index (κ2) is 8.96. The smallest absolute Gasteiger partial charge is 0.274 e. The predicted octanol–water partition coefficient (Wildman–Crippen LogP) is 4.55. The number of nitrogens with zero attached hydrogens (tertiary/aromatic N) is 1. The minimum absolute atomic E-state index is 0.181. The number of amides is 2. The van der Waals surface area contributed by atoms with Crippen LogP contribution >= 0.6 is 0 Å². The number of benzene rings is 3. The molecule has 3 aromatic carbocycles. The Morgan fingerprint density at radius 2 is 1.76 bits per heavy atom. The fourth-order valence-corrected chi connectivity index (χ4v) is 4.37. The zero-order chi connectivity index (χ0) is 23.7. The molecule has 1 aliphatic heterocycles. The SMILES string of the molecule is O=C(NO)c1ccc2c(c1)CN(C(=O)/C(=C\c1c[nH]c3ccccc13)c1ccc(F)cc1)CC2. The number of halogens is 1. The number of carbonyl (C=O) groups is 2. The van der Waals surface area contributed by atoms with Gasteiger partial charge in [-0.3, -0.25) is 14.8 Å². The zero-order valence-corrected chi connectivity index (χ0v) is 18.2. The number of hydroxylamine groups is 1. The third-order valence-electron chi connectivity index (χ3n) is 6.18. The Morgan fingerprint density at radius 1 is 1.00 bits per heavy atom. The Hall–Kier alpha value is -4.23. The van der Waals surface area contributed by atoms with Gasteiger partial charge in [-0.15, -0.1) is 0 Å². The molecule has 2 heterocycles. The number of hydrogen-bond acceptors (Lipinski definition) is 3. The van der Waals surface area contributed by atoms with E-state index >= 15 is 0 Å². The first-order chi connectivity index (χ1) is 16.5. The summed E-state index contributed by atoms with van der Waals surface area (Å²) < 4.78 is 13.6. The maximum atomic E-state index is 13.8. The van der Waals surface area contributed by atoms with Crippen LogP contribution in [-0.4, -0.2) is 33.5 Å². The Kier molecular flexibility index (Phi) is 5.69. The quantitative estimate of drug-likeness (QED) is 0.240. The van der Waals surface area contributed by atoms with Gasteiger partial charge in [-0.25, -0.2) is 9.87 Å². The molecule has 0 saturated carbocycles. The normalized spacial score (nSPS) is 13.6. The van der Waals surface area contributed by atoms with Gasteiger partial charge in [0.1, 0.15) is 5.82 Å². The van der Waals surface area contributed by atoms with Gasteiger partial charge in [0.25, 0.3) is 11.8 Å². The second-order valence-corrected chi connectivity index (χ2v) is 8.26. The monoisotopic (exact) mass is 455 g/mol. The standard InChI is InChI=1S/C27H22FN3O3/c28-22-9-7-18(8-10-22)24(14-20-15-29-25-4-2-1-3-23(20)25)27(33)31-12-11-17-5-6-19(26(32)30-34)13-21(17)16-31/h1-10,13-15,29,34H,11-12,16H2,(H,30,32)/b24-14-. The van der Waals surface area contributed by atoms with Crippen molar-refractivity contribution < 1.29 is 19.2 Å². The van der Waals surface area contributed by atoms with Crippen LogP contribution in [0, 0.1) is 5.82 Å². The highest BCUT2D eigenvalue weighted by Gasteiger charge is 2.25. The van der Waals surface area contributed by atoms with Crippen molar-refractivity contribution in [3.05, 3.63) is 107 Å². The zero-order valence-electron chi connectivity index (χ0n) is 18.2. The molecule has 1 aliphatic rings. The van der Waals surface area contributed by atoms with Gasteiger partial charge in [0.15, 0.2) is 0 Å². The fourth-order valence-electron chi connectivity index (χ4n) is 4.37. The van der Waals surface area contributed by atoms with Gasteiger partial charge in [0, 0.05) is 46.9 Å². The molecule has 2 amide bonds. The summed E-state index contributed by atoms with van der Waals surface area (Å²) in [5.74, 6) is -1.15. The molecule has 0 fully saturated rings. The summed E-state index contributed by atoms with van der Waals surface area (Å²) in [6.07, 6.45) is 4.33. The van der Waals surface area contributed by atoms with E-state index in [1.54, 1.807) is 34.6 Å². The van der Waals surface area contributed by atoms with Crippen molar-refractivity contribution in [3.8, 4) is 0 Å². The summed E-state index contributed by atoms with van der Waals surface area (Å²) in [6, 6.07) is 18.9. The highest BCUT2D eigenvalue weighted by atomic mass is 19.1. The van der Waals surface area contributed by atoms with Crippen molar-refractivity contribution in [1.82, 2.24) is 15.4 Å². The number of fused-ring (bicyclic) bond motifs is 2. The van der Waals surface area contributed by atoms with Gasteiger partial charge in [-0.2, -0.15) is 0 Å². The largest absolute Gasteiger partial charge is 0.361 e. The van der Waals surface area contributed by atoms with E-state index in [1.165, 1.54) is 12.1 Å². The van der Waals surface area contributed by atoms with Crippen LogP contribution in [-0.2, 0) is 17.8 Å². The summed E-state index contributed by atoms with van der Waals surface area (Å²) >= 11 is 0. The molecule has 34 heavy (non-hydrogen) atoms. The fraction of sp³-hybridized carbons (Fsp3) is 0.111. The Balaban J connectivity index is 1.53. The van der Waals surface area contributed by atoms with Crippen LogP contribution < -0.4 is 5.48 Å². The molecule has 6 nitrogen and oxygen atoms in total. The third kappa shape index (κ3) is 4.09. The maximum absolute atomic E-state index is 13.8. The lowest BCUT2D eigenvalue weighted by atomic mass is 9.95. The number of aromatic nitrogens is 1. The van der Waals surface area contributed by atoms with Crippen LogP contribution in [0.2, 0.25) is 0 Å². The minimum Gasteiger partial charge on any atom is -0.361 e. The molecule has 0 radical (unpaired) electrons. The molecule has 1 aromatic heterocycles. The molecule has 5 rings (SSSR count). The molecule has 4 aromatic rings. The second-order valence-electron chi connectivity index (χ2n) is 8.26. The maximum Gasteiger partial charge on any atom is 0.274 e. The van der Waals surface area contributed by atoms with Crippen LogP contribution in [0.5, 0.6) is 0 Å². The van der Waals surface area contributed by atoms with E-state index in [4.69, 9.17) is 5.21 Å². The van der Waals surface area contributed by atoms with E-state index in [9.17, 15) is 14.0 Å². The predicted molar refractivity (Wildman–Crippen MR) is 127 cm³/mol. The van der Waals surface area contributed by atoms with E-state index < -0.39 is 5.91 Å². The lowest BCUT2D eigenvalue weighted by Crippen LogP contribution is -2.36. The summed E-state index contributed by atoms with van der Waals surface area (Å²) in [6.45, 7) is 0.844. The number of hydrogen-bond donors (Lipinski definition) is 3. The molecule has 7 heteroatoms. The first-order valence-corrected chi connectivity index (χ1v) is 10.9. The summed E-state index contributed by atoms with van der Waals surface area (Å²) in [7, 11) is 0. The number of para-hydroxylation sites is 1. The van der Waals surface area contributed by atoms with Crippen molar-refractivity contribution >= 4 is 34.4 Å².